The number of hydrogen-bond acceptors (Lipinski definition) is 4. The van der Waals surface area contributed by atoms with Crippen LogP contribution in [0.15, 0.2) is 30.5 Å². The fourth-order valence-electron chi connectivity index (χ4n) is 3.78. The van der Waals surface area contributed by atoms with E-state index in [9.17, 15) is 9.59 Å². The fraction of sp³-hybridized carbons (Fsp3) is 0.524. The highest BCUT2D eigenvalue weighted by atomic mass is 16.2. The van der Waals surface area contributed by atoms with Crippen LogP contribution in [0.4, 0.5) is 0 Å². The largest absolute Gasteiger partial charge is 0.338 e. The molecule has 1 fully saturated rings. The first kappa shape index (κ1) is 20.0. The lowest BCUT2D eigenvalue weighted by molar-refractivity contribution is 0.0659. The van der Waals surface area contributed by atoms with Crippen LogP contribution in [-0.4, -0.2) is 62.8 Å². The summed E-state index contributed by atoms with van der Waals surface area (Å²) in [4.78, 5) is 28.9. The standard InChI is InChI=1S/C21H29N5O2/c1-4-24(5-2)21(28)19-15-26(23-22-19)14-17-9-7-11-25(13-17)20(27)18-10-6-8-16(3)12-18/h6,8,10,12,15,17H,4-5,7,9,11,13-14H2,1-3H3/t17-/m1/s1. The van der Waals surface area contributed by atoms with Gasteiger partial charge in [-0.05, 0) is 51.7 Å². The Kier molecular flexibility index (Phi) is 6.44. The quantitative estimate of drug-likeness (QED) is 0.769. The van der Waals surface area contributed by atoms with Crippen molar-refractivity contribution in [3.63, 3.8) is 0 Å². The molecule has 28 heavy (non-hydrogen) atoms. The number of amides is 2. The van der Waals surface area contributed by atoms with Crippen LogP contribution >= 0.6 is 0 Å². The van der Waals surface area contributed by atoms with E-state index in [1.807, 2.05) is 49.9 Å². The minimum atomic E-state index is -0.0869. The maximum Gasteiger partial charge on any atom is 0.276 e. The number of carbonyl (C=O) groups is 2. The van der Waals surface area contributed by atoms with Gasteiger partial charge in [0.05, 0.1) is 6.20 Å². The first-order valence-electron chi connectivity index (χ1n) is 10.1. The molecule has 7 heteroatoms. The number of aryl methyl sites for hydroxylation is 1. The summed E-state index contributed by atoms with van der Waals surface area (Å²) in [6, 6.07) is 7.74. The van der Waals surface area contributed by atoms with Gasteiger partial charge >= 0.3 is 0 Å². The molecule has 0 unspecified atom stereocenters. The molecule has 1 aliphatic heterocycles. The van der Waals surface area contributed by atoms with E-state index in [1.165, 1.54) is 0 Å². The van der Waals surface area contributed by atoms with Crippen LogP contribution in [0.3, 0.4) is 0 Å². The lowest BCUT2D eigenvalue weighted by atomic mass is 9.97. The summed E-state index contributed by atoms with van der Waals surface area (Å²) in [5.74, 6) is 0.307. The topological polar surface area (TPSA) is 71.3 Å². The number of carbonyl (C=O) groups excluding carboxylic acids is 2. The van der Waals surface area contributed by atoms with E-state index in [0.29, 0.717) is 37.8 Å². The molecule has 3 rings (SSSR count). The Bertz CT molecular complexity index is 828. The van der Waals surface area contributed by atoms with Gasteiger partial charge in [-0.25, -0.2) is 0 Å². The van der Waals surface area contributed by atoms with Gasteiger partial charge < -0.3 is 9.80 Å². The number of benzene rings is 1. The Labute approximate surface area is 166 Å². The van der Waals surface area contributed by atoms with Gasteiger partial charge in [-0.3, -0.25) is 14.3 Å². The van der Waals surface area contributed by atoms with Crippen LogP contribution in [0, 0.1) is 12.8 Å². The molecule has 7 nitrogen and oxygen atoms in total. The smallest absolute Gasteiger partial charge is 0.276 e. The second kappa shape index (κ2) is 8.99. The molecule has 0 spiro atoms. The highest BCUT2D eigenvalue weighted by Crippen LogP contribution is 2.20. The number of rotatable bonds is 6. The van der Waals surface area contributed by atoms with E-state index < -0.39 is 0 Å². The van der Waals surface area contributed by atoms with Crippen molar-refractivity contribution in [1.82, 2.24) is 24.8 Å². The molecule has 1 aliphatic rings. The summed E-state index contributed by atoms with van der Waals surface area (Å²) in [5, 5.41) is 8.19. The summed E-state index contributed by atoms with van der Waals surface area (Å²) in [7, 11) is 0. The van der Waals surface area contributed by atoms with Crippen molar-refractivity contribution in [2.24, 2.45) is 5.92 Å². The fourth-order valence-corrected chi connectivity index (χ4v) is 3.78. The summed E-state index contributed by atoms with van der Waals surface area (Å²) in [5.41, 5.74) is 2.22. The van der Waals surface area contributed by atoms with Gasteiger partial charge in [0.15, 0.2) is 5.69 Å². The Balaban J connectivity index is 1.62. The van der Waals surface area contributed by atoms with Gasteiger partial charge in [-0.15, -0.1) is 5.10 Å². The highest BCUT2D eigenvalue weighted by molar-refractivity contribution is 5.94. The third-order valence-corrected chi connectivity index (χ3v) is 5.32. The Morgan fingerprint density at radius 2 is 2.04 bits per heavy atom. The zero-order valence-corrected chi connectivity index (χ0v) is 17.0. The van der Waals surface area contributed by atoms with Crippen molar-refractivity contribution in [2.75, 3.05) is 26.2 Å². The molecule has 0 bridgehead atoms. The Hall–Kier alpha value is -2.70. The molecule has 0 aliphatic carbocycles. The van der Waals surface area contributed by atoms with Gasteiger partial charge in [0.2, 0.25) is 0 Å². The summed E-state index contributed by atoms with van der Waals surface area (Å²) >= 11 is 0. The zero-order valence-electron chi connectivity index (χ0n) is 17.0. The molecule has 150 valence electrons. The van der Waals surface area contributed by atoms with Crippen molar-refractivity contribution in [1.29, 1.82) is 0 Å². The zero-order chi connectivity index (χ0) is 20.1. The van der Waals surface area contributed by atoms with E-state index in [0.717, 1.165) is 30.5 Å². The van der Waals surface area contributed by atoms with Crippen LogP contribution in [0.25, 0.3) is 0 Å². The van der Waals surface area contributed by atoms with E-state index in [2.05, 4.69) is 10.3 Å². The van der Waals surface area contributed by atoms with Crippen LogP contribution in [0.2, 0.25) is 0 Å². The molecule has 0 saturated carbocycles. The van der Waals surface area contributed by atoms with Gasteiger partial charge in [-0.1, -0.05) is 22.9 Å². The van der Waals surface area contributed by atoms with Gasteiger partial charge in [0.25, 0.3) is 11.8 Å². The molecule has 1 atom stereocenters. The van der Waals surface area contributed by atoms with E-state index in [-0.39, 0.29) is 11.8 Å². The monoisotopic (exact) mass is 383 g/mol. The molecule has 1 aromatic heterocycles. The van der Waals surface area contributed by atoms with Crippen molar-refractivity contribution in [3.8, 4) is 0 Å². The highest BCUT2D eigenvalue weighted by Gasteiger charge is 2.25. The lowest BCUT2D eigenvalue weighted by Gasteiger charge is -2.32. The molecule has 2 amide bonds. The summed E-state index contributed by atoms with van der Waals surface area (Å²) in [6.07, 6.45) is 3.74. The van der Waals surface area contributed by atoms with E-state index in [4.69, 9.17) is 0 Å². The lowest BCUT2D eigenvalue weighted by Crippen LogP contribution is -2.41. The van der Waals surface area contributed by atoms with Crippen LogP contribution in [0.1, 0.15) is 53.1 Å². The molecule has 1 aromatic carbocycles. The minimum absolute atomic E-state index is 0.0869. The minimum Gasteiger partial charge on any atom is -0.338 e. The summed E-state index contributed by atoms with van der Waals surface area (Å²) in [6.45, 7) is 9.36. The second-order valence-corrected chi connectivity index (χ2v) is 7.43. The predicted molar refractivity (Wildman–Crippen MR) is 107 cm³/mol. The van der Waals surface area contributed by atoms with Crippen molar-refractivity contribution < 1.29 is 9.59 Å². The number of piperidine rings is 1. The Morgan fingerprint density at radius 1 is 1.25 bits per heavy atom. The van der Waals surface area contributed by atoms with E-state index >= 15 is 0 Å². The van der Waals surface area contributed by atoms with Gasteiger partial charge in [-0.2, -0.15) is 0 Å². The first-order valence-corrected chi connectivity index (χ1v) is 10.1. The van der Waals surface area contributed by atoms with Crippen molar-refractivity contribution in [3.05, 3.63) is 47.3 Å². The SMILES string of the molecule is CCN(CC)C(=O)c1cn(C[C@@H]2CCCN(C(=O)c3cccc(C)c3)C2)nn1. The maximum atomic E-state index is 12.8. The number of hydrogen-bond donors (Lipinski definition) is 0. The van der Waals surface area contributed by atoms with E-state index in [1.54, 1.807) is 15.8 Å². The first-order chi connectivity index (χ1) is 13.5. The third kappa shape index (κ3) is 4.58. The van der Waals surface area contributed by atoms with Gasteiger partial charge in [0.1, 0.15) is 0 Å². The van der Waals surface area contributed by atoms with Crippen LogP contribution in [0.5, 0.6) is 0 Å². The molecule has 0 radical (unpaired) electrons. The predicted octanol–water partition coefficient (Wildman–Crippen LogP) is 2.62. The molecule has 1 saturated heterocycles. The van der Waals surface area contributed by atoms with Gasteiger partial charge in [0, 0.05) is 38.3 Å². The Morgan fingerprint density at radius 3 is 2.75 bits per heavy atom. The summed E-state index contributed by atoms with van der Waals surface area (Å²) < 4.78 is 1.74. The molecular weight excluding hydrogens is 354 g/mol. The maximum absolute atomic E-state index is 12.8. The van der Waals surface area contributed by atoms with Crippen molar-refractivity contribution >= 4 is 11.8 Å². The second-order valence-electron chi connectivity index (χ2n) is 7.43. The number of likely N-dealkylation sites (tertiary alicyclic amines) is 1. The average Bonchev–Trinajstić information content (AvgIpc) is 3.17. The average molecular weight is 383 g/mol. The number of nitrogens with zero attached hydrogens (tertiary/aromatic N) is 5. The third-order valence-electron chi connectivity index (χ3n) is 5.32. The normalized spacial score (nSPS) is 16.8. The molecule has 2 aromatic rings. The van der Waals surface area contributed by atoms with Crippen molar-refractivity contribution in [2.45, 2.75) is 40.2 Å². The molecule has 2 heterocycles. The number of aromatic nitrogens is 3. The van der Waals surface area contributed by atoms with Crippen LogP contribution in [-0.2, 0) is 6.54 Å². The molecular formula is C21H29N5O2. The molecule has 0 N–H and O–H groups in total. The van der Waals surface area contributed by atoms with Crippen LogP contribution < -0.4 is 0 Å².